The van der Waals surface area contributed by atoms with Crippen LogP contribution >= 0.6 is 0 Å². The Kier molecular flexibility index (Phi) is 4.54. The molecule has 1 fully saturated rings. The quantitative estimate of drug-likeness (QED) is 0.767. The van der Waals surface area contributed by atoms with Crippen LogP contribution in [0.3, 0.4) is 0 Å². The average molecular weight is 379 g/mol. The molecule has 0 radical (unpaired) electrons. The summed E-state index contributed by atoms with van der Waals surface area (Å²) in [6.45, 7) is 0.0378. The third-order valence-corrected chi connectivity index (χ3v) is 5.87. The molecular formula is C14H13F4N3O3S. The fourth-order valence-electron chi connectivity index (χ4n) is 2.65. The Hall–Kier alpha value is -2.01. The van der Waals surface area contributed by atoms with Crippen molar-refractivity contribution < 1.29 is 30.4 Å². The molecule has 1 aromatic carbocycles. The number of aromatic nitrogens is 2. The van der Waals surface area contributed by atoms with E-state index < -0.39 is 38.7 Å². The maximum atomic E-state index is 13.8. The van der Waals surface area contributed by atoms with Gasteiger partial charge in [0, 0.05) is 19.0 Å². The van der Waals surface area contributed by atoms with E-state index in [0.29, 0.717) is 0 Å². The minimum Gasteiger partial charge on any atom is -0.417 e. The molecule has 1 aliphatic rings. The van der Waals surface area contributed by atoms with Gasteiger partial charge in [0.2, 0.25) is 15.9 Å². The zero-order chi connectivity index (χ0) is 18.2. The summed E-state index contributed by atoms with van der Waals surface area (Å²) in [5.74, 6) is -2.92. The number of halogens is 4. The first kappa shape index (κ1) is 17.8. The van der Waals surface area contributed by atoms with Gasteiger partial charge >= 0.3 is 12.1 Å². The topological polar surface area (TPSA) is 76.3 Å². The van der Waals surface area contributed by atoms with E-state index in [1.54, 1.807) is 0 Å². The van der Waals surface area contributed by atoms with Gasteiger partial charge in [-0.2, -0.15) is 17.5 Å². The molecular weight excluding hydrogens is 366 g/mol. The van der Waals surface area contributed by atoms with Gasteiger partial charge in [-0.15, -0.1) is 10.2 Å². The highest BCUT2D eigenvalue weighted by Crippen LogP contribution is 2.33. The van der Waals surface area contributed by atoms with Crippen LogP contribution in [0, 0.1) is 5.82 Å². The van der Waals surface area contributed by atoms with Gasteiger partial charge in [-0.1, -0.05) is 12.1 Å². The van der Waals surface area contributed by atoms with Crippen LogP contribution in [0.4, 0.5) is 17.6 Å². The summed E-state index contributed by atoms with van der Waals surface area (Å²) in [7, 11) is -4.00. The SMILES string of the molecule is O=S(=O)(c1ccccc1F)N1CCC(c2nnc(C(F)(F)F)o2)CC1. The van der Waals surface area contributed by atoms with E-state index in [1.807, 2.05) is 0 Å². The first-order valence-corrected chi connectivity index (χ1v) is 8.79. The van der Waals surface area contributed by atoms with Crippen molar-refractivity contribution in [1.82, 2.24) is 14.5 Å². The number of sulfonamides is 1. The molecule has 2 aromatic rings. The third-order valence-electron chi connectivity index (χ3n) is 3.94. The molecule has 0 N–H and O–H groups in total. The van der Waals surface area contributed by atoms with Gasteiger partial charge in [0.05, 0.1) is 0 Å². The van der Waals surface area contributed by atoms with Crippen LogP contribution in [-0.2, 0) is 16.2 Å². The number of hydrogen-bond acceptors (Lipinski definition) is 5. The molecule has 6 nitrogen and oxygen atoms in total. The molecule has 0 amide bonds. The van der Waals surface area contributed by atoms with E-state index in [9.17, 15) is 26.0 Å². The molecule has 1 saturated heterocycles. The largest absolute Gasteiger partial charge is 0.470 e. The summed E-state index contributed by atoms with van der Waals surface area (Å²) in [6, 6.07) is 5.02. The highest BCUT2D eigenvalue weighted by molar-refractivity contribution is 7.89. The highest BCUT2D eigenvalue weighted by Gasteiger charge is 2.40. The van der Waals surface area contributed by atoms with Crippen LogP contribution < -0.4 is 0 Å². The molecule has 136 valence electrons. The predicted octanol–water partition coefficient (Wildman–Crippen LogP) is 2.80. The summed E-state index contributed by atoms with van der Waals surface area (Å²) in [5, 5.41) is 6.37. The second kappa shape index (κ2) is 6.37. The second-order valence-electron chi connectivity index (χ2n) is 5.55. The van der Waals surface area contributed by atoms with Gasteiger partial charge in [-0.3, -0.25) is 0 Å². The molecule has 0 atom stereocenters. The Morgan fingerprint density at radius 2 is 1.76 bits per heavy atom. The maximum Gasteiger partial charge on any atom is 0.470 e. The molecule has 1 aliphatic heterocycles. The molecule has 0 unspecified atom stereocenters. The van der Waals surface area contributed by atoms with Crippen LogP contribution in [-0.4, -0.2) is 36.0 Å². The lowest BCUT2D eigenvalue weighted by atomic mass is 9.98. The van der Waals surface area contributed by atoms with Gasteiger partial charge in [0.15, 0.2) is 0 Å². The van der Waals surface area contributed by atoms with Crippen LogP contribution in [0.5, 0.6) is 0 Å². The van der Waals surface area contributed by atoms with E-state index >= 15 is 0 Å². The monoisotopic (exact) mass is 379 g/mol. The van der Waals surface area contributed by atoms with Gasteiger partial charge in [-0.25, -0.2) is 12.8 Å². The zero-order valence-electron chi connectivity index (χ0n) is 12.7. The van der Waals surface area contributed by atoms with Crippen molar-refractivity contribution in [3.05, 3.63) is 41.9 Å². The molecule has 3 rings (SSSR count). The lowest BCUT2D eigenvalue weighted by Gasteiger charge is -2.29. The van der Waals surface area contributed by atoms with Gasteiger partial charge in [0.1, 0.15) is 10.7 Å². The van der Waals surface area contributed by atoms with Crippen molar-refractivity contribution >= 4 is 10.0 Å². The predicted molar refractivity (Wildman–Crippen MR) is 76.4 cm³/mol. The van der Waals surface area contributed by atoms with Gasteiger partial charge < -0.3 is 4.42 Å². The summed E-state index contributed by atoms with van der Waals surface area (Å²) in [6.07, 6.45) is -4.32. The zero-order valence-corrected chi connectivity index (χ0v) is 13.5. The van der Waals surface area contributed by atoms with Gasteiger partial charge in [0.25, 0.3) is 0 Å². The number of piperidine rings is 1. The molecule has 0 saturated carbocycles. The fourth-order valence-corrected chi connectivity index (χ4v) is 4.18. The lowest BCUT2D eigenvalue weighted by molar-refractivity contribution is -0.157. The first-order chi connectivity index (χ1) is 11.7. The van der Waals surface area contributed by atoms with Crippen molar-refractivity contribution in [3.8, 4) is 0 Å². The molecule has 1 aromatic heterocycles. The van der Waals surface area contributed by atoms with Crippen LogP contribution in [0.2, 0.25) is 0 Å². The average Bonchev–Trinajstić information content (AvgIpc) is 3.05. The normalized spacial score (nSPS) is 17.8. The van der Waals surface area contributed by atoms with Crippen LogP contribution in [0.1, 0.15) is 30.5 Å². The van der Waals surface area contributed by atoms with E-state index in [4.69, 9.17) is 0 Å². The molecule has 0 aliphatic carbocycles. The van der Waals surface area contributed by atoms with E-state index in [-0.39, 0.29) is 31.8 Å². The summed E-state index contributed by atoms with van der Waals surface area (Å²) >= 11 is 0. The van der Waals surface area contributed by atoms with E-state index in [2.05, 4.69) is 14.6 Å². The van der Waals surface area contributed by atoms with Crippen molar-refractivity contribution in [1.29, 1.82) is 0 Å². The Labute approximate surface area is 140 Å². The minimum absolute atomic E-state index is 0.0189. The van der Waals surface area contributed by atoms with Crippen LogP contribution in [0.25, 0.3) is 0 Å². The maximum absolute atomic E-state index is 13.8. The smallest absolute Gasteiger partial charge is 0.417 e. The van der Waals surface area contributed by atoms with Crippen molar-refractivity contribution in [2.45, 2.75) is 29.8 Å². The minimum atomic E-state index is -4.72. The molecule has 11 heteroatoms. The Morgan fingerprint density at radius 3 is 2.32 bits per heavy atom. The third kappa shape index (κ3) is 3.52. The number of alkyl halides is 3. The highest BCUT2D eigenvalue weighted by atomic mass is 32.2. The van der Waals surface area contributed by atoms with Crippen molar-refractivity contribution in [2.24, 2.45) is 0 Å². The van der Waals surface area contributed by atoms with E-state index in [1.165, 1.54) is 18.2 Å². The van der Waals surface area contributed by atoms with Gasteiger partial charge in [-0.05, 0) is 25.0 Å². The number of hydrogen-bond donors (Lipinski definition) is 0. The second-order valence-corrected chi connectivity index (χ2v) is 7.46. The Balaban J connectivity index is 1.72. The number of rotatable bonds is 3. The summed E-state index contributed by atoms with van der Waals surface area (Å²) < 4.78 is 81.9. The Morgan fingerprint density at radius 1 is 1.12 bits per heavy atom. The summed E-state index contributed by atoms with van der Waals surface area (Å²) in [5.41, 5.74) is 0. The Bertz CT molecular complexity index is 858. The van der Waals surface area contributed by atoms with Crippen molar-refractivity contribution in [2.75, 3.05) is 13.1 Å². The molecule has 25 heavy (non-hydrogen) atoms. The lowest BCUT2D eigenvalue weighted by Crippen LogP contribution is -2.38. The molecule has 0 bridgehead atoms. The van der Waals surface area contributed by atoms with Crippen LogP contribution in [0.15, 0.2) is 33.6 Å². The van der Waals surface area contributed by atoms with E-state index in [0.717, 1.165) is 10.4 Å². The fraction of sp³-hybridized carbons (Fsp3) is 0.429. The summed E-state index contributed by atoms with van der Waals surface area (Å²) in [4.78, 5) is -0.425. The first-order valence-electron chi connectivity index (χ1n) is 7.35. The number of benzene rings is 1. The standard InChI is InChI=1S/C14H13F4N3O3S/c15-10-3-1-2-4-11(10)25(22,23)21-7-5-9(6-8-21)12-19-20-13(24-12)14(16,17)18/h1-4,9H,5-8H2. The molecule has 0 spiro atoms. The molecule has 2 heterocycles. The van der Waals surface area contributed by atoms with Crippen molar-refractivity contribution in [3.63, 3.8) is 0 Å². The number of nitrogens with zero attached hydrogens (tertiary/aromatic N) is 3.